The summed E-state index contributed by atoms with van der Waals surface area (Å²) in [5.41, 5.74) is -0.716. The lowest BCUT2D eigenvalue weighted by molar-refractivity contribution is -0.112. The van der Waals surface area contributed by atoms with Gasteiger partial charge in [-0.2, -0.15) is 0 Å². The van der Waals surface area contributed by atoms with Gasteiger partial charge in [-0.1, -0.05) is 0 Å². The van der Waals surface area contributed by atoms with Crippen molar-refractivity contribution in [1.29, 1.82) is 0 Å². The number of aliphatic hydroxyl groups is 2. The molecule has 5 nitrogen and oxygen atoms in total. The average molecular weight is 221 g/mol. The zero-order valence-corrected chi connectivity index (χ0v) is 8.87. The smallest absolute Gasteiger partial charge is 0.154 e. The Bertz CT molecular complexity index is 329. The van der Waals surface area contributed by atoms with Crippen molar-refractivity contribution in [3.63, 3.8) is 0 Å². The van der Waals surface area contributed by atoms with Crippen LogP contribution < -0.4 is 0 Å². The van der Waals surface area contributed by atoms with Gasteiger partial charge in [0.05, 0.1) is 29.3 Å². The third kappa shape index (κ3) is 1.79. The maximum absolute atomic E-state index is 11.2. The van der Waals surface area contributed by atoms with E-state index < -0.39 is 21.5 Å². The number of sulfone groups is 1. The minimum absolute atomic E-state index is 0.0181. The molecule has 2 unspecified atom stereocenters. The molecule has 0 aromatic rings. The van der Waals surface area contributed by atoms with Gasteiger partial charge in [-0.15, -0.1) is 0 Å². The van der Waals surface area contributed by atoms with Crippen molar-refractivity contribution in [3.05, 3.63) is 0 Å². The molecule has 0 bridgehead atoms. The third-order valence-corrected chi connectivity index (χ3v) is 4.55. The highest BCUT2D eigenvalue weighted by atomic mass is 32.2. The van der Waals surface area contributed by atoms with Gasteiger partial charge in [-0.3, -0.25) is 4.90 Å². The van der Waals surface area contributed by atoms with E-state index in [0.29, 0.717) is 13.1 Å². The Balaban J connectivity index is 2.01. The predicted molar refractivity (Wildman–Crippen MR) is 50.6 cm³/mol. The van der Waals surface area contributed by atoms with Crippen LogP contribution >= 0.6 is 0 Å². The Labute approximate surface area is 83.3 Å². The highest BCUT2D eigenvalue weighted by Gasteiger charge is 2.47. The Morgan fingerprint density at radius 3 is 2.29 bits per heavy atom. The second-order valence-electron chi connectivity index (χ2n) is 4.61. The van der Waals surface area contributed by atoms with Gasteiger partial charge in [0.1, 0.15) is 0 Å². The van der Waals surface area contributed by atoms with Crippen LogP contribution in [0.3, 0.4) is 0 Å². The lowest BCUT2D eigenvalue weighted by Crippen LogP contribution is -2.65. The monoisotopic (exact) mass is 221 g/mol. The van der Waals surface area contributed by atoms with Crippen molar-refractivity contribution in [2.45, 2.75) is 24.7 Å². The van der Waals surface area contributed by atoms with E-state index in [1.807, 2.05) is 4.90 Å². The molecule has 0 amide bonds. The van der Waals surface area contributed by atoms with Crippen molar-refractivity contribution in [3.8, 4) is 0 Å². The first kappa shape index (κ1) is 10.4. The predicted octanol–water partition coefficient (Wildman–Crippen LogP) is -1.79. The third-order valence-electron chi connectivity index (χ3n) is 2.85. The van der Waals surface area contributed by atoms with E-state index in [2.05, 4.69) is 0 Å². The summed E-state index contributed by atoms with van der Waals surface area (Å²) in [4.78, 5) is 1.83. The summed E-state index contributed by atoms with van der Waals surface area (Å²) < 4.78 is 22.4. The van der Waals surface area contributed by atoms with Crippen LogP contribution in [0.25, 0.3) is 0 Å². The van der Waals surface area contributed by atoms with Crippen LogP contribution in [0.1, 0.15) is 6.92 Å². The number of hydrogen-bond acceptors (Lipinski definition) is 5. The molecule has 82 valence electrons. The molecule has 0 saturated carbocycles. The highest BCUT2D eigenvalue weighted by molar-refractivity contribution is 7.91. The van der Waals surface area contributed by atoms with E-state index >= 15 is 0 Å². The van der Waals surface area contributed by atoms with Crippen LogP contribution in [0.4, 0.5) is 0 Å². The second-order valence-corrected chi connectivity index (χ2v) is 6.77. The quantitative estimate of drug-likeness (QED) is 0.547. The van der Waals surface area contributed by atoms with Gasteiger partial charge in [0.25, 0.3) is 0 Å². The van der Waals surface area contributed by atoms with E-state index in [1.165, 1.54) is 0 Å². The van der Waals surface area contributed by atoms with E-state index in [9.17, 15) is 18.6 Å². The maximum Gasteiger partial charge on any atom is 0.154 e. The van der Waals surface area contributed by atoms with Crippen LogP contribution in [0, 0.1) is 0 Å². The van der Waals surface area contributed by atoms with Crippen molar-refractivity contribution in [2.75, 3.05) is 24.6 Å². The first-order valence-corrected chi connectivity index (χ1v) is 6.46. The Morgan fingerprint density at radius 2 is 1.93 bits per heavy atom. The van der Waals surface area contributed by atoms with Gasteiger partial charge < -0.3 is 10.2 Å². The maximum atomic E-state index is 11.2. The van der Waals surface area contributed by atoms with E-state index in [1.54, 1.807) is 6.92 Å². The molecule has 2 atom stereocenters. The molecule has 2 saturated heterocycles. The molecule has 2 aliphatic rings. The summed E-state index contributed by atoms with van der Waals surface area (Å²) in [5, 5.41) is 19.0. The van der Waals surface area contributed by atoms with Crippen molar-refractivity contribution < 1.29 is 18.6 Å². The summed E-state index contributed by atoms with van der Waals surface area (Å²) >= 11 is 0. The van der Waals surface area contributed by atoms with Gasteiger partial charge >= 0.3 is 0 Å². The Kier molecular flexibility index (Phi) is 2.15. The lowest BCUT2D eigenvalue weighted by atomic mass is 9.94. The number of aliphatic hydroxyl groups excluding tert-OH is 1. The summed E-state index contributed by atoms with van der Waals surface area (Å²) in [6.45, 7) is 2.60. The lowest BCUT2D eigenvalue weighted by Gasteiger charge is -2.47. The molecule has 2 heterocycles. The van der Waals surface area contributed by atoms with Crippen molar-refractivity contribution in [2.24, 2.45) is 0 Å². The number of hydrogen-bond donors (Lipinski definition) is 2. The largest absolute Gasteiger partial charge is 0.390 e. The molecule has 14 heavy (non-hydrogen) atoms. The van der Waals surface area contributed by atoms with Crippen LogP contribution in [0.5, 0.6) is 0 Å². The first-order chi connectivity index (χ1) is 6.29. The normalized spacial score (nSPS) is 40.8. The van der Waals surface area contributed by atoms with Gasteiger partial charge in [-0.25, -0.2) is 8.42 Å². The fraction of sp³-hybridized carbons (Fsp3) is 1.00. The number of β-amino-alcohol motifs (C(OH)–C–C–N with tert-alkyl or cyclic N) is 1. The molecule has 2 fully saturated rings. The average Bonchev–Trinajstić information content (AvgIpc) is 2.19. The van der Waals surface area contributed by atoms with Gasteiger partial charge in [0, 0.05) is 13.1 Å². The number of nitrogens with zero attached hydrogens (tertiary/aromatic N) is 1. The highest BCUT2D eigenvalue weighted by Crippen LogP contribution is 2.28. The second kappa shape index (κ2) is 2.91. The van der Waals surface area contributed by atoms with Crippen LogP contribution in [0.15, 0.2) is 0 Å². The minimum Gasteiger partial charge on any atom is -0.390 e. The fourth-order valence-corrected chi connectivity index (χ4v) is 4.05. The molecule has 0 aliphatic carbocycles. The van der Waals surface area contributed by atoms with Gasteiger partial charge in [0.15, 0.2) is 9.84 Å². The first-order valence-electron chi connectivity index (χ1n) is 4.64. The molecule has 0 aromatic heterocycles. The molecule has 2 N–H and O–H groups in total. The molecule has 0 aromatic carbocycles. The molecule has 6 heteroatoms. The van der Waals surface area contributed by atoms with Crippen molar-refractivity contribution >= 4 is 9.84 Å². The van der Waals surface area contributed by atoms with Crippen molar-refractivity contribution in [1.82, 2.24) is 4.90 Å². The fourth-order valence-electron chi connectivity index (χ4n) is 2.22. The van der Waals surface area contributed by atoms with E-state index in [-0.39, 0.29) is 17.5 Å². The Hall–Kier alpha value is -0.170. The topological polar surface area (TPSA) is 77.8 Å². The van der Waals surface area contributed by atoms with Crippen LogP contribution in [-0.4, -0.2) is 65.9 Å². The summed E-state index contributed by atoms with van der Waals surface area (Å²) in [6.07, 6.45) is -0.795. The number of rotatable bonds is 1. The van der Waals surface area contributed by atoms with E-state index in [4.69, 9.17) is 0 Å². The van der Waals surface area contributed by atoms with Gasteiger partial charge in [0.2, 0.25) is 0 Å². The zero-order chi connectivity index (χ0) is 10.6. The van der Waals surface area contributed by atoms with E-state index in [0.717, 1.165) is 0 Å². The molecule has 0 spiro atoms. The zero-order valence-electron chi connectivity index (χ0n) is 8.05. The molecule has 2 aliphatic heterocycles. The number of likely N-dealkylation sites (tertiary alicyclic amines) is 1. The SMILES string of the molecule is CC1(O)CN(C2CS(=O)(=O)CC2O)C1. The molecule has 2 rings (SSSR count). The van der Waals surface area contributed by atoms with Gasteiger partial charge in [-0.05, 0) is 6.92 Å². The molecular formula is C8H15NO4S. The standard InChI is InChI=1S/C8H15NO4S/c1-8(11)4-9(5-8)6-2-14(12,13)3-7(6)10/h6-7,10-11H,2-5H2,1H3. The molecule has 0 radical (unpaired) electrons. The Morgan fingerprint density at radius 1 is 1.36 bits per heavy atom. The van der Waals surface area contributed by atoms with Crippen LogP contribution in [0.2, 0.25) is 0 Å². The molecular weight excluding hydrogens is 206 g/mol. The minimum atomic E-state index is -3.08. The summed E-state index contributed by atoms with van der Waals surface area (Å²) in [5.74, 6) is -0.124. The summed E-state index contributed by atoms with van der Waals surface area (Å²) in [7, 11) is -3.08. The van der Waals surface area contributed by atoms with Crippen LogP contribution in [-0.2, 0) is 9.84 Å². The summed E-state index contributed by atoms with van der Waals surface area (Å²) in [6, 6.07) is -0.319.